The molecule has 0 radical (unpaired) electrons. The first-order valence-corrected chi connectivity index (χ1v) is 14.5. The second kappa shape index (κ2) is 16.8. The summed E-state index contributed by atoms with van der Waals surface area (Å²) < 4.78 is 24.6. The van der Waals surface area contributed by atoms with Gasteiger partial charge in [-0.05, 0) is 73.2 Å². The van der Waals surface area contributed by atoms with E-state index < -0.39 is 10.8 Å². The van der Waals surface area contributed by atoms with E-state index in [0.29, 0.717) is 0 Å². The fraction of sp³-hybridized carbons (Fsp3) is 0.600. The summed E-state index contributed by atoms with van der Waals surface area (Å²) >= 11 is 0. The average Bonchev–Trinajstić information content (AvgIpc) is 2.83. The zero-order valence-corrected chi connectivity index (χ0v) is 22.7. The number of unbranched alkanes of at least 4 members (excludes halogenated alkanes) is 6. The zero-order valence-electron chi connectivity index (χ0n) is 21.9. The molecule has 0 aliphatic carbocycles. The summed E-state index contributed by atoms with van der Waals surface area (Å²) in [7, 11) is -1.20. The zero-order chi connectivity index (χ0) is 24.6. The molecule has 0 aliphatic heterocycles. The molecule has 0 bridgehead atoms. The van der Waals surface area contributed by atoms with Crippen LogP contribution in [0.1, 0.15) is 91.9 Å². The Bertz CT molecular complexity index is 729. The van der Waals surface area contributed by atoms with Gasteiger partial charge in [-0.2, -0.15) is 0 Å². The van der Waals surface area contributed by atoms with Crippen LogP contribution in [0.15, 0.2) is 58.3 Å². The molecule has 0 spiro atoms. The normalized spacial score (nSPS) is 11.5. The van der Waals surface area contributed by atoms with E-state index in [1.165, 1.54) is 51.4 Å². The van der Waals surface area contributed by atoms with Crippen LogP contribution in [0.2, 0.25) is 0 Å². The second-order valence-electron chi connectivity index (χ2n) is 10.1. The van der Waals surface area contributed by atoms with Crippen LogP contribution < -0.4 is 9.47 Å². The summed E-state index contributed by atoms with van der Waals surface area (Å²) in [4.78, 5) is 1.58. The van der Waals surface area contributed by atoms with Crippen LogP contribution >= 0.6 is 0 Å². The van der Waals surface area contributed by atoms with Gasteiger partial charge >= 0.3 is 0 Å². The topological polar surface area (TPSA) is 35.5 Å². The van der Waals surface area contributed by atoms with Gasteiger partial charge in [0.2, 0.25) is 0 Å². The van der Waals surface area contributed by atoms with E-state index in [0.717, 1.165) is 59.2 Å². The van der Waals surface area contributed by atoms with Gasteiger partial charge in [0.1, 0.15) is 11.5 Å². The molecule has 4 heteroatoms. The SMILES string of the molecule is CC(C)CCCCCCOc1ccc(S(=O)c2ccc(OCCCCCCC(C)C)cc2)cc1. The van der Waals surface area contributed by atoms with Gasteiger partial charge < -0.3 is 9.47 Å². The number of hydrogen-bond donors (Lipinski definition) is 0. The van der Waals surface area contributed by atoms with Gasteiger partial charge in [-0.25, -0.2) is 4.21 Å². The molecular formula is C30H46O3S. The molecule has 2 aromatic rings. The maximum Gasteiger partial charge on any atom is 0.119 e. The highest BCUT2D eigenvalue weighted by atomic mass is 32.2. The van der Waals surface area contributed by atoms with Crippen LogP contribution in [0.3, 0.4) is 0 Å². The lowest BCUT2D eigenvalue weighted by atomic mass is 10.0. The van der Waals surface area contributed by atoms with Crippen molar-refractivity contribution in [3.05, 3.63) is 48.5 Å². The van der Waals surface area contributed by atoms with Crippen molar-refractivity contribution in [1.29, 1.82) is 0 Å². The van der Waals surface area contributed by atoms with Crippen molar-refractivity contribution < 1.29 is 13.7 Å². The molecule has 2 aromatic carbocycles. The van der Waals surface area contributed by atoms with Crippen molar-refractivity contribution in [2.45, 2.75) is 102 Å². The van der Waals surface area contributed by atoms with E-state index in [1.54, 1.807) is 0 Å². The first-order chi connectivity index (χ1) is 16.5. The number of hydrogen-bond acceptors (Lipinski definition) is 3. The van der Waals surface area contributed by atoms with Gasteiger partial charge in [0.05, 0.1) is 24.0 Å². The standard InChI is InChI=1S/C30H46O3S/c1-25(2)13-9-5-7-11-23-32-27-15-19-29(20-16-27)34(31)30-21-17-28(18-22-30)33-24-12-8-6-10-14-26(3)4/h15-22,25-26H,5-14,23-24H2,1-4H3. The molecule has 0 atom stereocenters. The minimum atomic E-state index is -1.20. The molecule has 2 rings (SSSR count). The molecule has 0 unspecified atom stereocenters. The number of rotatable bonds is 18. The van der Waals surface area contributed by atoms with Gasteiger partial charge in [-0.1, -0.05) is 79.1 Å². The molecule has 3 nitrogen and oxygen atoms in total. The van der Waals surface area contributed by atoms with Gasteiger partial charge in [-0.3, -0.25) is 0 Å². The molecule has 0 fully saturated rings. The second-order valence-corrected chi connectivity index (χ2v) is 11.6. The Kier molecular flexibility index (Phi) is 14.0. The lowest BCUT2D eigenvalue weighted by Crippen LogP contribution is -1.99. The summed E-state index contributed by atoms with van der Waals surface area (Å²) in [6, 6.07) is 15.3. The maximum atomic E-state index is 12.9. The summed E-state index contributed by atoms with van der Waals surface area (Å²) in [6.45, 7) is 10.6. The number of ether oxygens (including phenoxy) is 2. The molecule has 0 aliphatic rings. The summed E-state index contributed by atoms with van der Waals surface area (Å²) in [6.07, 6.45) is 12.4. The van der Waals surface area contributed by atoms with Crippen LogP contribution in [0.5, 0.6) is 11.5 Å². The molecule has 0 saturated carbocycles. The van der Waals surface area contributed by atoms with Crippen molar-refractivity contribution >= 4 is 10.8 Å². The molecule has 0 heterocycles. The predicted octanol–water partition coefficient (Wildman–Crippen LogP) is 8.82. The Morgan fingerprint density at radius 1 is 0.559 bits per heavy atom. The van der Waals surface area contributed by atoms with E-state index in [2.05, 4.69) is 27.7 Å². The molecule has 0 saturated heterocycles. The molecule has 34 heavy (non-hydrogen) atoms. The highest BCUT2D eigenvalue weighted by molar-refractivity contribution is 7.85. The fourth-order valence-electron chi connectivity index (χ4n) is 3.85. The molecule has 190 valence electrons. The third-order valence-electron chi connectivity index (χ3n) is 5.96. The first-order valence-electron chi connectivity index (χ1n) is 13.3. The minimum Gasteiger partial charge on any atom is -0.494 e. The van der Waals surface area contributed by atoms with E-state index in [9.17, 15) is 4.21 Å². The van der Waals surface area contributed by atoms with Crippen molar-refractivity contribution in [2.75, 3.05) is 13.2 Å². The number of benzene rings is 2. The summed E-state index contributed by atoms with van der Waals surface area (Å²) in [5.41, 5.74) is 0. The van der Waals surface area contributed by atoms with Crippen LogP contribution in [-0.4, -0.2) is 17.4 Å². The third-order valence-corrected chi connectivity index (χ3v) is 7.37. The van der Waals surface area contributed by atoms with Gasteiger partial charge in [-0.15, -0.1) is 0 Å². The molecular weight excluding hydrogens is 440 g/mol. The van der Waals surface area contributed by atoms with Crippen LogP contribution in [-0.2, 0) is 10.8 Å². The largest absolute Gasteiger partial charge is 0.494 e. The summed E-state index contributed by atoms with van der Waals surface area (Å²) in [5, 5.41) is 0. The smallest absolute Gasteiger partial charge is 0.119 e. The average molecular weight is 487 g/mol. The van der Waals surface area contributed by atoms with Crippen molar-refractivity contribution in [2.24, 2.45) is 11.8 Å². The first kappa shape index (κ1) is 28.4. The van der Waals surface area contributed by atoms with Crippen molar-refractivity contribution in [3.63, 3.8) is 0 Å². The third kappa shape index (κ3) is 12.1. The summed E-state index contributed by atoms with van der Waals surface area (Å²) in [5.74, 6) is 3.28. The van der Waals surface area contributed by atoms with E-state index >= 15 is 0 Å². The Hall–Kier alpha value is -1.81. The van der Waals surface area contributed by atoms with Crippen molar-refractivity contribution in [1.82, 2.24) is 0 Å². The highest BCUT2D eigenvalue weighted by Gasteiger charge is 2.08. The highest BCUT2D eigenvalue weighted by Crippen LogP contribution is 2.22. The molecule has 0 aromatic heterocycles. The maximum absolute atomic E-state index is 12.9. The fourth-order valence-corrected chi connectivity index (χ4v) is 4.89. The lowest BCUT2D eigenvalue weighted by molar-refractivity contribution is 0.303. The van der Waals surface area contributed by atoms with Crippen molar-refractivity contribution in [3.8, 4) is 11.5 Å². The van der Waals surface area contributed by atoms with Crippen LogP contribution in [0.4, 0.5) is 0 Å². The predicted molar refractivity (Wildman–Crippen MR) is 144 cm³/mol. The quantitative estimate of drug-likeness (QED) is 0.197. The Morgan fingerprint density at radius 3 is 1.26 bits per heavy atom. The van der Waals surface area contributed by atoms with E-state index in [4.69, 9.17) is 9.47 Å². The lowest BCUT2D eigenvalue weighted by Gasteiger charge is -2.09. The van der Waals surface area contributed by atoms with Gasteiger partial charge in [0, 0.05) is 9.79 Å². The van der Waals surface area contributed by atoms with Gasteiger partial charge in [0.25, 0.3) is 0 Å². The van der Waals surface area contributed by atoms with E-state index in [-0.39, 0.29) is 0 Å². The Labute approximate surface area is 211 Å². The monoisotopic (exact) mass is 486 g/mol. The molecule has 0 amide bonds. The minimum absolute atomic E-state index is 0.740. The van der Waals surface area contributed by atoms with Crippen LogP contribution in [0, 0.1) is 11.8 Å². The van der Waals surface area contributed by atoms with Crippen LogP contribution in [0.25, 0.3) is 0 Å². The molecule has 0 N–H and O–H groups in total. The van der Waals surface area contributed by atoms with E-state index in [1.807, 2.05) is 48.5 Å². The Morgan fingerprint density at radius 2 is 0.912 bits per heavy atom. The van der Waals surface area contributed by atoms with Gasteiger partial charge in [0.15, 0.2) is 0 Å². The Balaban J connectivity index is 1.67.